The third kappa shape index (κ3) is 3.67. The van der Waals surface area contributed by atoms with Crippen molar-refractivity contribution < 1.29 is 14.1 Å². The zero-order valence-corrected chi connectivity index (χ0v) is 14.2. The van der Waals surface area contributed by atoms with Crippen molar-refractivity contribution in [3.05, 3.63) is 53.9 Å². The van der Waals surface area contributed by atoms with Crippen LogP contribution in [0.3, 0.4) is 0 Å². The smallest absolute Gasteiger partial charge is 0.289 e. The Labute approximate surface area is 142 Å². The van der Waals surface area contributed by atoms with Gasteiger partial charge in [-0.05, 0) is 38.7 Å². The van der Waals surface area contributed by atoms with E-state index in [-0.39, 0.29) is 22.7 Å². The maximum Gasteiger partial charge on any atom is 0.289 e. The van der Waals surface area contributed by atoms with Crippen molar-refractivity contribution in [3.63, 3.8) is 0 Å². The third-order valence-corrected chi connectivity index (χ3v) is 4.77. The van der Waals surface area contributed by atoms with Crippen molar-refractivity contribution in [2.75, 3.05) is 13.2 Å². The minimum absolute atomic E-state index is 0.0116. The predicted molar refractivity (Wildman–Crippen MR) is 90.8 cm³/mol. The molecule has 128 valence electrons. The van der Waals surface area contributed by atoms with Crippen molar-refractivity contribution in [3.8, 4) is 0 Å². The number of ether oxygens (including phenoxy) is 1. The Morgan fingerprint density at radius 3 is 2.71 bits per heavy atom. The van der Waals surface area contributed by atoms with Crippen molar-refractivity contribution in [1.82, 2.24) is 10.5 Å². The molecule has 1 N–H and O–H groups in total. The zero-order chi connectivity index (χ0) is 17.0. The van der Waals surface area contributed by atoms with Gasteiger partial charge in [-0.15, -0.1) is 0 Å². The van der Waals surface area contributed by atoms with Crippen LogP contribution in [0.1, 0.15) is 49.2 Å². The van der Waals surface area contributed by atoms with E-state index >= 15 is 0 Å². The molecule has 5 nitrogen and oxygen atoms in total. The largest absolute Gasteiger partial charge is 0.376 e. The third-order valence-electron chi connectivity index (χ3n) is 4.77. The fourth-order valence-corrected chi connectivity index (χ4v) is 3.71. The molecule has 1 saturated heterocycles. The van der Waals surface area contributed by atoms with E-state index in [1.54, 1.807) is 6.07 Å². The van der Waals surface area contributed by atoms with Crippen molar-refractivity contribution in [2.45, 2.75) is 44.1 Å². The number of hydrogen-bond acceptors (Lipinski definition) is 4. The first-order valence-electron chi connectivity index (χ1n) is 8.39. The Balaban J connectivity index is 1.72. The van der Waals surface area contributed by atoms with Gasteiger partial charge in [-0.1, -0.05) is 35.5 Å². The molecule has 1 aliphatic rings. The van der Waals surface area contributed by atoms with Crippen molar-refractivity contribution >= 4 is 5.91 Å². The van der Waals surface area contributed by atoms with E-state index in [0.717, 1.165) is 25.9 Å². The summed E-state index contributed by atoms with van der Waals surface area (Å²) in [6.07, 6.45) is 4.23. The van der Waals surface area contributed by atoms with Crippen LogP contribution < -0.4 is 5.32 Å². The summed E-state index contributed by atoms with van der Waals surface area (Å²) < 4.78 is 10.8. The molecule has 1 aromatic heterocycles. The maximum absolute atomic E-state index is 12.0. The molecule has 1 fully saturated rings. The first-order chi connectivity index (χ1) is 11.5. The summed E-state index contributed by atoms with van der Waals surface area (Å²) in [4.78, 5) is 12.0. The Hall–Kier alpha value is -2.14. The van der Waals surface area contributed by atoms with Gasteiger partial charge in [0.2, 0.25) is 5.76 Å². The van der Waals surface area contributed by atoms with Gasteiger partial charge in [-0.25, -0.2) is 0 Å². The van der Waals surface area contributed by atoms with Gasteiger partial charge in [0.15, 0.2) is 0 Å². The lowest BCUT2D eigenvalue weighted by Gasteiger charge is -2.45. The van der Waals surface area contributed by atoms with Crippen molar-refractivity contribution in [1.29, 1.82) is 0 Å². The van der Waals surface area contributed by atoms with Gasteiger partial charge in [0.25, 0.3) is 5.91 Å². The molecule has 5 heteroatoms. The molecule has 0 spiro atoms. The van der Waals surface area contributed by atoms with Gasteiger partial charge in [0, 0.05) is 24.6 Å². The van der Waals surface area contributed by atoms with E-state index in [1.165, 1.54) is 11.8 Å². The van der Waals surface area contributed by atoms with E-state index < -0.39 is 0 Å². The number of carbonyl (C=O) groups excluding carboxylic acids is 1. The molecule has 1 atom stereocenters. The van der Waals surface area contributed by atoms with Crippen LogP contribution in [0.15, 0.2) is 47.1 Å². The Morgan fingerprint density at radius 1 is 1.25 bits per heavy atom. The van der Waals surface area contributed by atoms with E-state index in [2.05, 4.69) is 48.6 Å². The highest BCUT2D eigenvalue weighted by molar-refractivity contribution is 5.91. The molecule has 3 rings (SSSR count). The van der Waals surface area contributed by atoms with Crippen molar-refractivity contribution in [2.24, 2.45) is 0 Å². The first kappa shape index (κ1) is 16.7. The summed E-state index contributed by atoms with van der Waals surface area (Å²) in [5.41, 5.74) is 1.16. The minimum atomic E-state index is -0.220. The summed E-state index contributed by atoms with van der Waals surface area (Å²) in [6.45, 7) is 5.59. The lowest BCUT2D eigenvalue weighted by Crippen LogP contribution is -2.45. The molecule has 2 aromatic rings. The zero-order valence-electron chi connectivity index (χ0n) is 14.2. The van der Waals surface area contributed by atoms with Crippen LogP contribution in [0.4, 0.5) is 0 Å². The fraction of sp³-hybridized carbons (Fsp3) is 0.474. The van der Waals surface area contributed by atoms with Crippen LogP contribution >= 0.6 is 0 Å². The molecule has 24 heavy (non-hydrogen) atoms. The second-order valence-corrected chi connectivity index (χ2v) is 7.06. The number of carbonyl (C=O) groups is 1. The number of hydrogen-bond donors (Lipinski definition) is 1. The average molecular weight is 328 g/mol. The minimum Gasteiger partial charge on any atom is -0.376 e. The normalized spacial score (nSPS) is 22.9. The Bertz CT molecular complexity index is 667. The molecule has 1 amide bonds. The highest BCUT2D eigenvalue weighted by Gasteiger charge is 2.41. The van der Waals surface area contributed by atoms with Gasteiger partial charge in [-0.2, -0.15) is 0 Å². The molecule has 2 heterocycles. The van der Waals surface area contributed by atoms with E-state index in [9.17, 15) is 4.79 Å². The SMILES string of the molecule is CC1(C)C[C@](CCNC(=O)c2ccno2)(c2ccccc2)CCO1. The van der Waals surface area contributed by atoms with Crippen LogP contribution in [0.2, 0.25) is 0 Å². The summed E-state index contributed by atoms with van der Waals surface area (Å²) in [7, 11) is 0. The summed E-state index contributed by atoms with van der Waals surface area (Å²) >= 11 is 0. The molecule has 1 aliphatic heterocycles. The number of nitrogens with one attached hydrogen (secondary N) is 1. The van der Waals surface area contributed by atoms with Gasteiger partial charge in [0.1, 0.15) is 0 Å². The second-order valence-electron chi connectivity index (χ2n) is 7.06. The van der Waals surface area contributed by atoms with Gasteiger partial charge < -0.3 is 14.6 Å². The summed E-state index contributed by atoms with van der Waals surface area (Å²) in [5, 5.41) is 6.51. The highest BCUT2D eigenvalue weighted by Crippen LogP contribution is 2.43. The summed E-state index contributed by atoms with van der Waals surface area (Å²) in [5.74, 6) is 0.0260. The van der Waals surface area contributed by atoms with Crippen LogP contribution in [0, 0.1) is 0 Å². The fourth-order valence-electron chi connectivity index (χ4n) is 3.71. The molecular formula is C19H24N2O3. The highest BCUT2D eigenvalue weighted by atomic mass is 16.5. The van der Waals surface area contributed by atoms with E-state index in [4.69, 9.17) is 9.26 Å². The number of nitrogens with zero attached hydrogens (tertiary/aromatic N) is 1. The van der Waals surface area contributed by atoms with Crippen LogP contribution in [0.5, 0.6) is 0 Å². The van der Waals surface area contributed by atoms with Crippen LogP contribution in [-0.2, 0) is 10.2 Å². The quantitative estimate of drug-likeness (QED) is 0.914. The maximum atomic E-state index is 12.0. The Kier molecular flexibility index (Phi) is 4.71. The number of amides is 1. The molecule has 0 bridgehead atoms. The van der Waals surface area contributed by atoms with Gasteiger partial charge in [0.05, 0.1) is 11.8 Å². The molecule has 0 saturated carbocycles. The van der Waals surface area contributed by atoms with E-state index in [0.29, 0.717) is 6.54 Å². The predicted octanol–water partition coefficient (Wildman–Crippen LogP) is 3.32. The molecule has 0 unspecified atom stereocenters. The summed E-state index contributed by atoms with van der Waals surface area (Å²) in [6, 6.07) is 12.1. The monoisotopic (exact) mass is 328 g/mol. The van der Waals surface area contributed by atoms with Gasteiger partial charge >= 0.3 is 0 Å². The van der Waals surface area contributed by atoms with E-state index in [1.807, 2.05) is 6.07 Å². The van der Waals surface area contributed by atoms with Crippen LogP contribution in [0.25, 0.3) is 0 Å². The lowest BCUT2D eigenvalue weighted by molar-refractivity contribution is -0.0838. The molecule has 0 aliphatic carbocycles. The Morgan fingerprint density at radius 2 is 2.04 bits per heavy atom. The number of benzene rings is 1. The lowest BCUT2D eigenvalue weighted by atomic mass is 9.67. The molecular weight excluding hydrogens is 304 g/mol. The van der Waals surface area contributed by atoms with Gasteiger partial charge in [-0.3, -0.25) is 4.79 Å². The van der Waals surface area contributed by atoms with Crippen LogP contribution in [-0.4, -0.2) is 29.8 Å². The first-order valence-corrected chi connectivity index (χ1v) is 8.39. The second kappa shape index (κ2) is 6.77. The number of rotatable bonds is 5. The number of aromatic nitrogens is 1. The molecule has 1 aromatic carbocycles. The topological polar surface area (TPSA) is 64.4 Å². The average Bonchev–Trinajstić information content (AvgIpc) is 3.09. The molecule has 0 radical (unpaired) electrons. The standard InChI is InChI=1S/C19H24N2O3/c1-18(2)14-19(10-13-23-18,15-6-4-3-5-7-15)9-12-20-17(22)16-8-11-21-24-16/h3-8,11H,9-10,12-14H2,1-2H3,(H,20,22)/t19-/m1/s1.